The molecule has 2 atom stereocenters. The summed E-state index contributed by atoms with van der Waals surface area (Å²) in [5.41, 5.74) is 2.40. The van der Waals surface area contributed by atoms with Crippen LogP contribution in [0.25, 0.3) is 0 Å². The molecule has 3 heteroatoms. The number of amides is 1. The second-order valence-corrected chi connectivity index (χ2v) is 5.49. The van der Waals surface area contributed by atoms with Gasteiger partial charge in [-0.2, -0.15) is 0 Å². The largest absolute Gasteiger partial charge is 0.292 e. The zero-order chi connectivity index (χ0) is 12.1. The summed E-state index contributed by atoms with van der Waals surface area (Å²) >= 11 is 0. The molecule has 0 radical (unpaired) electrons. The van der Waals surface area contributed by atoms with E-state index in [0.29, 0.717) is 5.91 Å². The molecule has 1 unspecified atom stereocenters. The number of carbonyl (C=O) groups excluding carboxylic acids is 1. The Balaban J connectivity index is 1.81. The van der Waals surface area contributed by atoms with E-state index in [1.54, 1.807) is 0 Å². The van der Waals surface area contributed by atoms with Gasteiger partial charge in [-0.3, -0.25) is 14.7 Å². The molecule has 1 aromatic carbocycles. The number of rotatable bonds is 0. The van der Waals surface area contributed by atoms with Crippen molar-refractivity contribution in [3.8, 4) is 0 Å². The third-order valence-corrected chi connectivity index (χ3v) is 4.44. The minimum absolute atomic E-state index is 0.150. The fourth-order valence-corrected chi connectivity index (χ4v) is 3.50. The Morgan fingerprint density at radius 3 is 2.94 bits per heavy atom. The molecule has 4 rings (SSSR count). The van der Waals surface area contributed by atoms with Gasteiger partial charge in [0.05, 0.1) is 18.5 Å². The van der Waals surface area contributed by atoms with Crippen molar-refractivity contribution in [1.82, 2.24) is 4.90 Å². The molecule has 18 heavy (non-hydrogen) atoms. The van der Waals surface area contributed by atoms with Crippen LogP contribution in [0.1, 0.15) is 36.8 Å². The Bertz CT molecular complexity index is 549. The summed E-state index contributed by atoms with van der Waals surface area (Å²) in [6.45, 7) is 0.719. The van der Waals surface area contributed by atoms with Gasteiger partial charge in [-0.05, 0) is 18.4 Å². The van der Waals surface area contributed by atoms with Crippen LogP contribution in [-0.4, -0.2) is 22.7 Å². The van der Waals surface area contributed by atoms with Crippen LogP contribution in [0.4, 0.5) is 0 Å². The van der Waals surface area contributed by atoms with Crippen LogP contribution in [0.3, 0.4) is 0 Å². The number of nitrogens with zero attached hydrogens (tertiary/aromatic N) is 2. The number of amidine groups is 1. The number of hydrogen-bond donors (Lipinski definition) is 0. The van der Waals surface area contributed by atoms with Gasteiger partial charge in [0.2, 0.25) is 5.91 Å². The topological polar surface area (TPSA) is 32.7 Å². The Morgan fingerprint density at radius 1 is 1.17 bits per heavy atom. The average molecular weight is 240 g/mol. The third-order valence-electron chi connectivity index (χ3n) is 4.44. The second kappa shape index (κ2) is 3.67. The first kappa shape index (κ1) is 10.3. The van der Waals surface area contributed by atoms with Crippen molar-refractivity contribution in [3.05, 3.63) is 35.4 Å². The molecule has 0 bridgehead atoms. The van der Waals surface area contributed by atoms with Crippen molar-refractivity contribution >= 4 is 11.7 Å². The quantitative estimate of drug-likeness (QED) is 0.685. The Labute approximate surface area is 107 Å². The van der Waals surface area contributed by atoms with Gasteiger partial charge >= 0.3 is 0 Å². The molecular formula is C15H16N2O. The first-order valence-corrected chi connectivity index (χ1v) is 6.82. The molecule has 2 aliphatic heterocycles. The van der Waals surface area contributed by atoms with Crippen LogP contribution in [0.15, 0.2) is 29.3 Å². The van der Waals surface area contributed by atoms with Gasteiger partial charge in [0.25, 0.3) is 0 Å². The first-order valence-electron chi connectivity index (χ1n) is 6.82. The highest BCUT2D eigenvalue weighted by atomic mass is 16.2. The summed E-state index contributed by atoms with van der Waals surface area (Å²) in [6.07, 6.45) is 4.49. The van der Waals surface area contributed by atoms with E-state index < -0.39 is 0 Å². The second-order valence-electron chi connectivity index (χ2n) is 5.49. The molecule has 0 saturated heterocycles. The Morgan fingerprint density at radius 2 is 2.00 bits per heavy atom. The minimum atomic E-state index is 0.150. The molecule has 1 aromatic rings. The van der Waals surface area contributed by atoms with Crippen LogP contribution >= 0.6 is 0 Å². The maximum absolute atomic E-state index is 12.6. The Hall–Kier alpha value is -1.64. The molecule has 3 nitrogen and oxygen atoms in total. The zero-order valence-corrected chi connectivity index (χ0v) is 10.3. The molecule has 1 fully saturated rings. The highest BCUT2D eigenvalue weighted by Crippen LogP contribution is 2.36. The molecule has 2 heterocycles. The summed E-state index contributed by atoms with van der Waals surface area (Å²) in [5.74, 6) is 1.39. The summed E-state index contributed by atoms with van der Waals surface area (Å²) in [7, 11) is 0. The monoisotopic (exact) mass is 240 g/mol. The lowest BCUT2D eigenvalue weighted by atomic mass is 9.83. The molecule has 92 valence electrons. The molecule has 1 aliphatic carbocycles. The van der Waals surface area contributed by atoms with E-state index in [1.807, 2.05) is 17.0 Å². The fourth-order valence-electron chi connectivity index (χ4n) is 3.50. The van der Waals surface area contributed by atoms with Gasteiger partial charge in [-0.1, -0.05) is 37.1 Å². The molecule has 3 aliphatic rings. The molecule has 0 N–H and O–H groups in total. The number of hydrogen-bond acceptors (Lipinski definition) is 2. The van der Waals surface area contributed by atoms with Crippen molar-refractivity contribution < 1.29 is 4.79 Å². The molecule has 0 aromatic heterocycles. The number of carbonyl (C=O) groups is 1. The number of aliphatic imine (C=N–C) groups is 1. The normalized spacial score (nSPS) is 29.4. The molecule has 1 amide bonds. The van der Waals surface area contributed by atoms with Crippen LogP contribution in [-0.2, 0) is 11.3 Å². The van der Waals surface area contributed by atoms with Gasteiger partial charge in [-0.25, -0.2) is 0 Å². The summed E-state index contributed by atoms with van der Waals surface area (Å²) in [5, 5.41) is 0. The van der Waals surface area contributed by atoms with Crippen LogP contribution in [0, 0.1) is 5.92 Å². The van der Waals surface area contributed by atoms with E-state index in [4.69, 9.17) is 4.99 Å². The first-order chi connectivity index (χ1) is 8.84. The van der Waals surface area contributed by atoms with E-state index in [-0.39, 0.29) is 12.0 Å². The van der Waals surface area contributed by atoms with E-state index in [1.165, 1.54) is 18.4 Å². The molecular weight excluding hydrogens is 224 g/mol. The van der Waals surface area contributed by atoms with Gasteiger partial charge < -0.3 is 0 Å². The van der Waals surface area contributed by atoms with Crippen molar-refractivity contribution in [2.45, 2.75) is 38.3 Å². The lowest BCUT2D eigenvalue weighted by Gasteiger charge is -2.36. The van der Waals surface area contributed by atoms with Crippen LogP contribution < -0.4 is 0 Å². The predicted molar refractivity (Wildman–Crippen MR) is 69.3 cm³/mol. The fraction of sp³-hybridized carbons (Fsp3) is 0.467. The minimum Gasteiger partial charge on any atom is -0.292 e. The van der Waals surface area contributed by atoms with Crippen molar-refractivity contribution in [3.63, 3.8) is 0 Å². The van der Waals surface area contributed by atoms with Gasteiger partial charge in [0, 0.05) is 5.56 Å². The molecule has 0 spiro atoms. The third kappa shape index (κ3) is 1.30. The number of fused-ring (bicyclic) bond motifs is 4. The van der Waals surface area contributed by atoms with E-state index in [2.05, 4.69) is 12.1 Å². The van der Waals surface area contributed by atoms with Crippen molar-refractivity contribution in [2.75, 3.05) is 0 Å². The van der Waals surface area contributed by atoms with Gasteiger partial charge in [0.15, 0.2) is 0 Å². The maximum Gasteiger partial charge on any atom is 0.233 e. The highest BCUT2D eigenvalue weighted by molar-refractivity contribution is 6.13. The van der Waals surface area contributed by atoms with Gasteiger partial charge in [0.1, 0.15) is 5.84 Å². The lowest BCUT2D eigenvalue weighted by molar-refractivity contribution is -0.134. The smallest absolute Gasteiger partial charge is 0.233 e. The maximum atomic E-state index is 12.6. The summed E-state index contributed by atoms with van der Waals surface area (Å²) in [4.78, 5) is 19.3. The van der Waals surface area contributed by atoms with Crippen molar-refractivity contribution in [2.24, 2.45) is 10.9 Å². The predicted octanol–water partition coefficient (Wildman–Crippen LogP) is 2.35. The zero-order valence-electron chi connectivity index (χ0n) is 10.3. The lowest BCUT2D eigenvalue weighted by Crippen LogP contribution is -2.47. The van der Waals surface area contributed by atoms with E-state index in [0.717, 1.165) is 30.8 Å². The standard InChI is InChI=1S/C15H16N2O/c18-15-12-7-3-4-8-13(12)16-14-11-6-2-1-5-10(11)9-17(14)15/h1-2,5-6,12-13H,3-4,7-9H2/t12-,13?/m1/s1. The SMILES string of the molecule is O=C1[C@@H]2CCCCC2N=C2c3ccccc3CN12. The van der Waals surface area contributed by atoms with Crippen molar-refractivity contribution in [1.29, 1.82) is 0 Å². The van der Waals surface area contributed by atoms with Gasteiger partial charge in [-0.15, -0.1) is 0 Å². The van der Waals surface area contributed by atoms with E-state index in [9.17, 15) is 4.79 Å². The van der Waals surface area contributed by atoms with Crippen LogP contribution in [0.2, 0.25) is 0 Å². The molecule has 1 saturated carbocycles. The highest BCUT2D eigenvalue weighted by Gasteiger charge is 2.42. The number of benzene rings is 1. The van der Waals surface area contributed by atoms with Crippen LogP contribution in [0.5, 0.6) is 0 Å². The Kier molecular flexibility index (Phi) is 2.10. The summed E-state index contributed by atoms with van der Waals surface area (Å²) in [6, 6.07) is 8.50. The average Bonchev–Trinajstić information content (AvgIpc) is 2.79. The van der Waals surface area contributed by atoms with E-state index >= 15 is 0 Å². The summed E-state index contributed by atoms with van der Waals surface area (Å²) < 4.78 is 0.